The summed E-state index contributed by atoms with van der Waals surface area (Å²) in [5.41, 5.74) is 0.984. The van der Waals surface area contributed by atoms with Crippen LogP contribution in [0.15, 0.2) is 42.7 Å². The quantitative estimate of drug-likeness (QED) is 0.759. The van der Waals surface area contributed by atoms with Crippen LogP contribution in [0.3, 0.4) is 0 Å². The van der Waals surface area contributed by atoms with Crippen molar-refractivity contribution < 1.29 is 9.59 Å². The summed E-state index contributed by atoms with van der Waals surface area (Å²) in [7, 11) is 1.94. The first-order chi connectivity index (χ1) is 13.1. The van der Waals surface area contributed by atoms with E-state index < -0.39 is 0 Å². The molecule has 1 aromatic carbocycles. The average molecular weight is 369 g/mol. The van der Waals surface area contributed by atoms with Gasteiger partial charge in [0.1, 0.15) is 5.82 Å². The van der Waals surface area contributed by atoms with Gasteiger partial charge >= 0.3 is 0 Å². The van der Waals surface area contributed by atoms with E-state index in [2.05, 4.69) is 20.5 Å². The number of likely N-dealkylation sites (N-methyl/N-ethyl adjacent to an activating group) is 1. The van der Waals surface area contributed by atoms with E-state index in [1.807, 2.05) is 55.1 Å². The molecule has 2 aromatic rings. The molecule has 0 spiro atoms. The SMILES string of the molecule is CCNC(=O)[C@@H]1C[C@@H](NC(=O)Cc2ccccc2)CN1Cc1nccn1C. The third kappa shape index (κ3) is 4.95. The molecule has 27 heavy (non-hydrogen) atoms. The second-order valence-corrected chi connectivity index (χ2v) is 6.96. The first-order valence-corrected chi connectivity index (χ1v) is 9.38. The summed E-state index contributed by atoms with van der Waals surface area (Å²) < 4.78 is 1.95. The lowest BCUT2D eigenvalue weighted by Crippen LogP contribution is -2.43. The maximum absolute atomic E-state index is 12.5. The minimum atomic E-state index is -0.260. The van der Waals surface area contributed by atoms with E-state index in [1.54, 1.807) is 6.20 Å². The molecule has 7 nitrogen and oxygen atoms in total. The van der Waals surface area contributed by atoms with Crippen LogP contribution < -0.4 is 10.6 Å². The number of rotatable bonds is 7. The molecule has 2 amide bonds. The molecule has 2 atom stereocenters. The number of hydrogen-bond acceptors (Lipinski definition) is 4. The summed E-state index contributed by atoms with van der Waals surface area (Å²) in [6, 6.07) is 9.37. The van der Waals surface area contributed by atoms with Crippen LogP contribution in [0.4, 0.5) is 0 Å². The highest BCUT2D eigenvalue weighted by Crippen LogP contribution is 2.21. The molecule has 0 bridgehead atoms. The predicted molar refractivity (Wildman–Crippen MR) is 103 cm³/mol. The molecule has 1 saturated heterocycles. The molecule has 2 heterocycles. The maximum Gasteiger partial charge on any atom is 0.237 e. The molecule has 0 radical (unpaired) electrons. The van der Waals surface area contributed by atoms with Crippen LogP contribution in [-0.4, -0.2) is 51.4 Å². The van der Waals surface area contributed by atoms with Crippen LogP contribution in [0.2, 0.25) is 0 Å². The van der Waals surface area contributed by atoms with Crippen molar-refractivity contribution in [2.75, 3.05) is 13.1 Å². The molecule has 1 aliphatic rings. The average Bonchev–Trinajstić information content (AvgIpc) is 3.22. The van der Waals surface area contributed by atoms with Gasteiger partial charge in [-0.25, -0.2) is 4.98 Å². The molecule has 1 aliphatic heterocycles. The van der Waals surface area contributed by atoms with Crippen molar-refractivity contribution in [1.82, 2.24) is 25.1 Å². The van der Waals surface area contributed by atoms with Gasteiger partial charge in [-0.3, -0.25) is 14.5 Å². The summed E-state index contributed by atoms with van der Waals surface area (Å²) >= 11 is 0. The Bertz CT molecular complexity index is 774. The first kappa shape index (κ1) is 19.1. The van der Waals surface area contributed by atoms with Crippen LogP contribution in [0, 0.1) is 0 Å². The van der Waals surface area contributed by atoms with E-state index in [0.717, 1.165) is 11.4 Å². The number of carbonyl (C=O) groups excluding carboxylic acids is 2. The molecule has 3 rings (SSSR count). The van der Waals surface area contributed by atoms with Crippen LogP contribution in [0.5, 0.6) is 0 Å². The fraction of sp³-hybridized carbons (Fsp3) is 0.450. The van der Waals surface area contributed by atoms with Crippen molar-refractivity contribution in [3.05, 3.63) is 54.1 Å². The summed E-state index contributed by atoms with van der Waals surface area (Å²) in [6.07, 6.45) is 4.61. The molecule has 0 aliphatic carbocycles. The Hall–Kier alpha value is -2.67. The van der Waals surface area contributed by atoms with Gasteiger partial charge in [0.2, 0.25) is 11.8 Å². The summed E-state index contributed by atoms with van der Waals surface area (Å²) in [5.74, 6) is 0.895. The lowest BCUT2D eigenvalue weighted by Gasteiger charge is -2.22. The Kier molecular flexibility index (Phi) is 6.24. The summed E-state index contributed by atoms with van der Waals surface area (Å²) in [5, 5.41) is 6.00. The minimum absolute atomic E-state index is 0.00603. The van der Waals surface area contributed by atoms with Gasteiger partial charge in [-0.1, -0.05) is 30.3 Å². The maximum atomic E-state index is 12.5. The van der Waals surface area contributed by atoms with Crippen molar-refractivity contribution >= 4 is 11.8 Å². The smallest absolute Gasteiger partial charge is 0.237 e. The third-order valence-corrected chi connectivity index (χ3v) is 4.90. The number of aryl methyl sites for hydroxylation is 1. The lowest BCUT2D eigenvalue weighted by molar-refractivity contribution is -0.125. The van der Waals surface area contributed by atoms with E-state index in [0.29, 0.717) is 32.5 Å². The normalized spacial score (nSPS) is 19.8. The number of nitrogens with one attached hydrogen (secondary N) is 2. The number of nitrogens with zero attached hydrogens (tertiary/aromatic N) is 3. The fourth-order valence-electron chi connectivity index (χ4n) is 3.54. The molecule has 144 valence electrons. The second kappa shape index (κ2) is 8.81. The molecule has 0 saturated carbocycles. The molecule has 1 fully saturated rings. The zero-order chi connectivity index (χ0) is 19.2. The molecule has 1 aromatic heterocycles. The Morgan fingerprint density at radius 2 is 2.04 bits per heavy atom. The molecule has 2 N–H and O–H groups in total. The molecular weight excluding hydrogens is 342 g/mol. The number of imidazole rings is 1. The number of carbonyl (C=O) groups is 2. The number of likely N-dealkylation sites (tertiary alicyclic amines) is 1. The summed E-state index contributed by atoms with van der Waals surface area (Å²) in [4.78, 5) is 31.4. The van der Waals surface area contributed by atoms with Gasteiger partial charge in [0.05, 0.1) is 19.0 Å². The van der Waals surface area contributed by atoms with Gasteiger partial charge in [-0.15, -0.1) is 0 Å². The lowest BCUT2D eigenvalue weighted by atomic mass is 10.1. The number of benzene rings is 1. The van der Waals surface area contributed by atoms with E-state index in [9.17, 15) is 9.59 Å². The zero-order valence-corrected chi connectivity index (χ0v) is 15.9. The van der Waals surface area contributed by atoms with Gasteiger partial charge in [0, 0.05) is 38.6 Å². The van der Waals surface area contributed by atoms with Gasteiger partial charge < -0.3 is 15.2 Å². The molecule has 7 heteroatoms. The van der Waals surface area contributed by atoms with Crippen LogP contribution in [0.25, 0.3) is 0 Å². The van der Waals surface area contributed by atoms with E-state index in [-0.39, 0.29) is 23.9 Å². The van der Waals surface area contributed by atoms with Crippen molar-refractivity contribution in [2.24, 2.45) is 7.05 Å². The van der Waals surface area contributed by atoms with E-state index in [1.165, 1.54) is 0 Å². The standard InChI is InChI=1S/C20H27N5O2/c1-3-21-20(27)17-12-16(13-25(17)14-18-22-9-10-24(18)2)23-19(26)11-15-7-5-4-6-8-15/h4-10,16-17H,3,11-14H2,1-2H3,(H,21,27)(H,23,26)/t16-,17+/m1/s1. The number of hydrogen-bond donors (Lipinski definition) is 2. The van der Waals surface area contributed by atoms with Gasteiger partial charge in [0.25, 0.3) is 0 Å². The molecular formula is C20H27N5O2. The van der Waals surface area contributed by atoms with Gasteiger partial charge in [-0.2, -0.15) is 0 Å². The van der Waals surface area contributed by atoms with Crippen molar-refractivity contribution in [3.63, 3.8) is 0 Å². The van der Waals surface area contributed by atoms with E-state index >= 15 is 0 Å². The molecule has 0 unspecified atom stereocenters. The largest absolute Gasteiger partial charge is 0.355 e. The van der Waals surface area contributed by atoms with Crippen LogP contribution >= 0.6 is 0 Å². The van der Waals surface area contributed by atoms with Gasteiger partial charge in [-0.05, 0) is 18.9 Å². The second-order valence-electron chi connectivity index (χ2n) is 6.96. The third-order valence-electron chi connectivity index (χ3n) is 4.90. The topological polar surface area (TPSA) is 79.3 Å². The van der Waals surface area contributed by atoms with E-state index in [4.69, 9.17) is 0 Å². The monoisotopic (exact) mass is 369 g/mol. The highest BCUT2D eigenvalue weighted by molar-refractivity contribution is 5.83. The van der Waals surface area contributed by atoms with Crippen LogP contribution in [0.1, 0.15) is 24.7 Å². The highest BCUT2D eigenvalue weighted by atomic mass is 16.2. The van der Waals surface area contributed by atoms with Crippen molar-refractivity contribution in [3.8, 4) is 0 Å². The predicted octanol–water partition coefficient (Wildman–Crippen LogP) is 0.858. The Labute approximate surface area is 159 Å². The Morgan fingerprint density at radius 3 is 2.70 bits per heavy atom. The first-order valence-electron chi connectivity index (χ1n) is 9.38. The van der Waals surface area contributed by atoms with Crippen molar-refractivity contribution in [2.45, 2.75) is 38.4 Å². The zero-order valence-electron chi connectivity index (χ0n) is 15.9. The summed E-state index contributed by atoms with van der Waals surface area (Å²) in [6.45, 7) is 3.72. The fourth-order valence-corrected chi connectivity index (χ4v) is 3.54. The van der Waals surface area contributed by atoms with Crippen molar-refractivity contribution in [1.29, 1.82) is 0 Å². The number of amides is 2. The Morgan fingerprint density at radius 1 is 1.26 bits per heavy atom. The minimum Gasteiger partial charge on any atom is -0.355 e. The number of aromatic nitrogens is 2. The van der Waals surface area contributed by atoms with Gasteiger partial charge in [0.15, 0.2) is 0 Å². The highest BCUT2D eigenvalue weighted by Gasteiger charge is 2.37. The van der Waals surface area contributed by atoms with Crippen LogP contribution in [-0.2, 0) is 29.6 Å². The Balaban J connectivity index is 1.63.